The largest absolute Gasteiger partial charge is 0.491 e. The van der Waals surface area contributed by atoms with Gasteiger partial charge in [-0.15, -0.1) is 0 Å². The van der Waals surface area contributed by atoms with Crippen LogP contribution >= 0.6 is 0 Å². The predicted octanol–water partition coefficient (Wildman–Crippen LogP) is 6.33. The molecule has 4 heteroatoms. The van der Waals surface area contributed by atoms with Crippen LogP contribution in [0.5, 0.6) is 5.75 Å². The van der Waals surface area contributed by atoms with E-state index in [1.807, 2.05) is 6.07 Å². The lowest BCUT2D eigenvalue weighted by atomic mass is 9.69. The molecule has 3 rings (SSSR count). The van der Waals surface area contributed by atoms with Gasteiger partial charge in [-0.1, -0.05) is 57.6 Å². The van der Waals surface area contributed by atoms with Crippen molar-refractivity contribution in [2.75, 3.05) is 13.3 Å². The zero-order valence-electron chi connectivity index (χ0n) is 17.4. The highest BCUT2D eigenvalue weighted by molar-refractivity contribution is 6.53. The Hall–Kier alpha value is -0.903. The number of hydrogen-bond donors (Lipinski definition) is 0. The van der Waals surface area contributed by atoms with Crippen LogP contribution in [0.2, 0.25) is 6.04 Å². The fraction of sp³-hybridized carbons (Fsp3) is 0.750. The molecule has 0 N–H and O–H groups in total. The first-order chi connectivity index (χ1) is 13.7. The third-order valence-corrected chi connectivity index (χ3v) is 8.58. The molecule has 0 aromatic heterocycles. The van der Waals surface area contributed by atoms with Crippen LogP contribution in [0.15, 0.2) is 18.2 Å². The third-order valence-electron chi connectivity index (χ3n) is 7.01. The van der Waals surface area contributed by atoms with Gasteiger partial charge < -0.3 is 4.74 Å². The number of halogens is 2. The molecule has 0 heterocycles. The summed E-state index contributed by atoms with van der Waals surface area (Å²) in [5.41, 5.74) is 0. The summed E-state index contributed by atoms with van der Waals surface area (Å²) in [6.45, 7) is 1.76. The van der Waals surface area contributed by atoms with E-state index in [4.69, 9.17) is 4.74 Å². The minimum absolute atomic E-state index is 0.00936. The highest BCUT2D eigenvalue weighted by Gasteiger charge is 2.30. The van der Waals surface area contributed by atoms with Crippen LogP contribution in [0.25, 0.3) is 0 Å². The predicted molar refractivity (Wildman–Crippen MR) is 114 cm³/mol. The summed E-state index contributed by atoms with van der Waals surface area (Å²) in [5, 5.41) is 0.795. The van der Waals surface area contributed by atoms with E-state index in [1.165, 1.54) is 70.3 Å². The van der Waals surface area contributed by atoms with E-state index in [0.717, 1.165) is 34.9 Å². The molecule has 0 unspecified atom stereocenters. The molecule has 28 heavy (non-hydrogen) atoms. The number of benzene rings is 1. The standard InChI is InChI=1S/C24H36F2OSi/c1-2-3-18-4-8-20(9-5-18)21-10-6-19(7-11-21)17-28-24-13-12-22(16-23(24)26)27-15-14-25/h12-13,16,18-21H,2-11,14-15,17H2,1H3. The molecule has 2 aliphatic rings. The van der Waals surface area contributed by atoms with Crippen LogP contribution in [0.4, 0.5) is 8.78 Å². The zero-order valence-corrected chi connectivity index (χ0v) is 18.4. The van der Waals surface area contributed by atoms with Crippen LogP contribution in [0.3, 0.4) is 0 Å². The van der Waals surface area contributed by atoms with Gasteiger partial charge in [0.15, 0.2) is 0 Å². The van der Waals surface area contributed by atoms with E-state index in [-0.39, 0.29) is 12.4 Å². The van der Waals surface area contributed by atoms with Gasteiger partial charge in [-0.25, -0.2) is 8.78 Å². The van der Waals surface area contributed by atoms with Crippen molar-refractivity contribution in [3.05, 3.63) is 24.0 Å². The van der Waals surface area contributed by atoms with Crippen molar-refractivity contribution in [3.8, 4) is 5.75 Å². The third kappa shape index (κ3) is 6.30. The summed E-state index contributed by atoms with van der Waals surface area (Å²) in [6.07, 6.45) is 14.0. The molecule has 1 aromatic carbocycles. The minimum atomic E-state index is -0.548. The number of alkyl halides is 1. The van der Waals surface area contributed by atoms with Crippen molar-refractivity contribution in [3.63, 3.8) is 0 Å². The summed E-state index contributed by atoms with van der Waals surface area (Å²) in [6, 6.07) is 6.11. The lowest BCUT2D eigenvalue weighted by Crippen LogP contribution is -2.27. The Labute approximate surface area is 172 Å². The molecule has 0 atom stereocenters. The van der Waals surface area contributed by atoms with Gasteiger partial charge in [0, 0.05) is 6.07 Å². The quantitative estimate of drug-likeness (QED) is 0.435. The molecular weight excluding hydrogens is 370 g/mol. The van der Waals surface area contributed by atoms with Crippen LogP contribution in [0, 0.1) is 29.5 Å². The highest BCUT2D eigenvalue weighted by Crippen LogP contribution is 2.42. The van der Waals surface area contributed by atoms with Crippen molar-refractivity contribution in [2.45, 2.75) is 77.2 Å². The number of hydrogen-bond acceptors (Lipinski definition) is 1. The van der Waals surface area contributed by atoms with Crippen molar-refractivity contribution in [1.29, 1.82) is 0 Å². The molecule has 0 bridgehead atoms. The maximum absolute atomic E-state index is 14.3. The molecule has 1 nitrogen and oxygen atoms in total. The van der Waals surface area contributed by atoms with E-state index in [0.29, 0.717) is 15.3 Å². The lowest BCUT2D eigenvalue weighted by molar-refractivity contribution is 0.147. The van der Waals surface area contributed by atoms with Gasteiger partial charge in [-0.2, -0.15) is 0 Å². The Morgan fingerprint density at radius 1 is 0.964 bits per heavy atom. The van der Waals surface area contributed by atoms with E-state index < -0.39 is 6.67 Å². The van der Waals surface area contributed by atoms with E-state index in [2.05, 4.69) is 6.92 Å². The molecule has 2 saturated carbocycles. The fourth-order valence-corrected chi connectivity index (χ4v) is 6.72. The molecule has 2 fully saturated rings. The minimum Gasteiger partial charge on any atom is -0.491 e. The second-order valence-electron chi connectivity index (χ2n) is 8.91. The molecule has 2 radical (unpaired) electrons. The average molecular weight is 407 g/mol. The van der Waals surface area contributed by atoms with Crippen LogP contribution in [-0.2, 0) is 0 Å². The molecular formula is C24H36F2OSi. The molecule has 0 aliphatic heterocycles. The van der Waals surface area contributed by atoms with Crippen LogP contribution < -0.4 is 9.92 Å². The lowest BCUT2D eigenvalue weighted by Gasteiger charge is -2.38. The average Bonchev–Trinajstić information content (AvgIpc) is 2.73. The van der Waals surface area contributed by atoms with Crippen molar-refractivity contribution < 1.29 is 13.5 Å². The zero-order chi connectivity index (χ0) is 19.8. The van der Waals surface area contributed by atoms with Gasteiger partial charge in [0.05, 0.1) is 9.52 Å². The molecule has 0 spiro atoms. The Bertz CT molecular complexity index is 578. The van der Waals surface area contributed by atoms with Gasteiger partial charge in [-0.3, -0.25) is 0 Å². The highest BCUT2D eigenvalue weighted by atomic mass is 28.2. The molecule has 0 saturated heterocycles. The maximum atomic E-state index is 14.3. The van der Waals surface area contributed by atoms with Gasteiger partial charge in [0.25, 0.3) is 0 Å². The van der Waals surface area contributed by atoms with Crippen LogP contribution in [-0.4, -0.2) is 22.8 Å². The first-order valence-corrected chi connectivity index (χ1v) is 12.6. The second-order valence-corrected chi connectivity index (χ2v) is 10.2. The molecule has 2 aliphatic carbocycles. The number of ether oxygens (including phenoxy) is 1. The van der Waals surface area contributed by atoms with Crippen LogP contribution in [0.1, 0.15) is 71.1 Å². The molecule has 1 aromatic rings. The van der Waals surface area contributed by atoms with Crippen molar-refractivity contribution >= 4 is 14.7 Å². The van der Waals surface area contributed by atoms with Gasteiger partial charge in [0.1, 0.15) is 24.8 Å². The topological polar surface area (TPSA) is 9.23 Å². The first-order valence-electron chi connectivity index (χ1n) is 11.4. The summed E-state index contributed by atoms with van der Waals surface area (Å²) in [7, 11) is 0.523. The second kappa shape index (κ2) is 11.3. The van der Waals surface area contributed by atoms with Crippen molar-refractivity contribution in [2.24, 2.45) is 23.7 Å². The Kier molecular flexibility index (Phi) is 8.82. The van der Waals surface area contributed by atoms with E-state index in [1.54, 1.807) is 6.07 Å². The van der Waals surface area contributed by atoms with Gasteiger partial charge in [-0.05, 0) is 60.6 Å². The van der Waals surface area contributed by atoms with Crippen molar-refractivity contribution in [1.82, 2.24) is 0 Å². The molecule has 156 valence electrons. The van der Waals surface area contributed by atoms with Gasteiger partial charge in [0.2, 0.25) is 0 Å². The SMILES string of the molecule is CCCC1CCC(C2CCC(C[Si]c3ccc(OCCF)cc3F)CC2)CC1. The van der Waals surface area contributed by atoms with E-state index in [9.17, 15) is 8.78 Å². The summed E-state index contributed by atoms with van der Waals surface area (Å²) >= 11 is 0. The van der Waals surface area contributed by atoms with E-state index >= 15 is 0 Å². The first kappa shape index (κ1) is 21.8. The summed E-state index contributed by atoms with van der Waals surface area (Å²) < 4.78 is 31.6. The molecule has 0 amide bonds. The summed E-state index contributed by atoms with van der Waals surface area (Å²) in [5.74, 6) is 3.91. The monoisotopic (exact) mass is 406 g/mol. The normalized spacial score (nSPS) is 28.2. The Balaban J connectivity index is 1.38. The Morgan fingerprint density at radius 2 is 1.61 bits per heavy atom. The number of rotatable bonds is 9. The fourth-order valence-electron chi connectivity index (χ4n) is 5.36. The summed E-state index contributed by atoms with van der Waals surface area (Å²) in [4.78, 5) is 0. The maximum Gasteiger partial charge on any atom is 0.125 e. The van der Waals surface area contributed by atoms with Gasteiger partial charge >= 0.3 is 0 Å². The smallest absolute Gasteiger partial charge is 0.125 e. The Morgan fingerprint density at radius 3 is 2.18 bits per heavy atom.